The predicted octanol–water partition coefficient (Wildman–Crippen LogP) is 3.71. The van der Waals surface area contributed by atoms with Gasteiger partial charge in [-0.25, -0.2) is 8.42 Å². The first-order valence-corrected chi connectivity index (χ1v) is 9.52. The second kappa shape index (κ2) is 6.10. The summed E-state index contributed by atoms with van der Waals surface area (Å²) in [5.74, 6) is 0. The molecule has 0 aliphatic heterocycles. The second-order valence-corrected chi connectivity index (χ2v) is 8.72. The fourth-order valence-corrected chi connectivity index (χ4v) is 5.42. The molecule has 20 heavy (non-hydrogen) atoms. The molecule has 0 unspecified atom stereocenters. The average Bonchev–Trinajstić information content (AvgIpc) is 2.78. The predicted molar refractivity (Wildman–Crippen MR) is 92.9 cm³/mol. The number of benzene rings is 1. The molecule has 0 saturated heterocycles. The maximum absolute atomic E-state index is 12.3. The summed E-state index contributed by atoms with van der Waals surface area (Å²) >= 11 is 12.6. The Morgan fingerprint density at radius 2 is 2.00 bits per heavy atom. The van der Waals surface area contributed by atoms with Crippen LogP contribution in [-0.2, 0) is 10.0 Å². The van der Waals surface area contributed by atoms with E-state index in [0.29, 0.717) is 15.7 Å². The molecule has 0 amide bonds. The Balaban J connectivity index is 2.45. The van der Waals surface area contributed by atoms with Gasteiger partial charge >= 0.3 is 0 Å². The molecule has 4 nitrogen and oxygen atoms in total. The van der Waals surface area contributed by atoms with Crippen LogP contribution < -0.4 is 10.5 Å². The lowest BCUT2D eigenvalue weighted by atomic mass is 10.2. The van der Waals surface area contributed by atoms with Crippen molar-refractivity contribution in [1.82, 2.24) is 0 Å². The molecule has 0 aliphatic rings. The van der Waals surface area contributed by atoms with Crippen LogP contribution >= 0.6 is 55.4 Å². The molecular weight excluding hydrogens is 448 g/mol. The van der Waals surface area contributed by atoms with Crippen LogP contribution in [0, 0.1) is 0 Å². The summed E-state index contributed by atoms with van der Waals surface area (Å²) < 4.78 is 28.6. The summed E-state index contributed by atoms with van der Waals surface area (Å²) in [6.07, 6.45) is 0. The fraction of sp³-hybridized carbons (Fsp3) is 0. The average molecular weight is 456 g/mol. The van der Waals surface area contributed by atoms with Crippen molar-refractivity contribution in [2.45, 2.75) is 4.21 Å². The molecule has 0 radical (unpaired) electrons. The summed E-state index contributed by atoms with van der Waals surface area (Å²) in [5.41, 5.74) is 6.43. The monoisotopic (exact) mass is 454 g/mol. The highest BCUT2D eigenvalue weighted by Gasteiger charge is 2.21. The van der Waals surface area contributed by atoms with E-state index in [1.165, 1.54) is 0 Å². The van der Waals surface area contributed by atoms with Gasteiger partial charge < -0.3 is 5.73 Å². The van der Waals surface area contributed by atoms with Crippen molar-refractivity contribution in [3.8, 4) is 0 Å². The van der Waals surface area contributed by atoms with E-state index in [2.05, 4.69) is 36.6 Å². The lowest BCUT2D eigenvalue weighted by Crippen LogP contribution is -2.17. The van der Waals surface area contributed by atoms with E-state index >= 15 is 0 Å². The number of anilines is 1. The first kappa shape index (κ1) is 15.9. The Hall–Kier alpha value is -0.480. The minimum Gasteiger partial charge on any atom is -0.389 e. The van der Waals surface area contributed by atoms with Gasteiger partial charge in [0.15, 0.2) is 4.21 Å². The van der Waals surface area contributed by atoms with Crippen LogP contribution in [0.25, 0.3) is 0 Å². The zero-order valence-electron chi connectivity index (χ0n) is 9.76. The molecule has 0 bridgehead atoms. The van der Waals surface area contributed by atoms with Gasteiger partial charge in [-0.05, 0) is 45.6 Å². The number of nitrogens with two attached hydrogens (primary N) is 1. The van der Waals surface area contributed by atoms with E-state index < -0.39 is 10.0 Å². The van der Waals surface area contributed by atoms with Gasteiger partial charge in [0, 0.05) is 14.5 Å². The third-order valence-electron chi connectivity index (χ3n) is 2.32. The van der Waals surface area contributed by atoms with Crippen LogP contribution in [-0.4, -0.2) is 13.4 Å². The Labute approximate surface area is 142 Å². The molecule has 9 heteroatoms. The second-order valence-electron chi connectivity index (χ2n) is 3.72. The van der Waals surface area contributed by atoms with Crippen molar-refractivity contribution in [3.05, 3.63) is 44.2 Å². The zero-order chi connectivity index (χ0) is 14.9. The molecule has 106 valence electrons. The standard InChI is InChI=1S/C11H8Br2N2O2S3/c12-6-1-2-9(7(5-6)10(14)18)15-20(16,17)11-8(13)3-4-19-11/h1-5,15H,(H2,14,18). The minimum atomic E-state index is -3.68. The molecule has 1 aromatic heterocycles. The lowest BCUT2D eigenvalue weighted by molar-refractivity contribution is 0.603. The van der Waals surface area contributed by atoms with Crippen molar-refractivity contribution in [2.75, 3.05) is 4.72 Å². The summed E-state index contributed by atoms with van der Waals surface area (Å²) in [6.45, 7) is 0. The maximum atomic E-state index is 12.3. The first-order valence-electron chi connectivity index (χ1n) is 5.16. The van der Waals surface area contributed by atoms with E-state index in [1.807, 2.05) is 0 Å². The van der Waals surface area contributed by atoms with Crippen molar-refractivity contribution < 1.29 is 8.42 Å². The molecule has 0 aliphatic carbocycles. The van der Waals surface area contributed by atoms with Gasteiger partial charge in [-0.2, -0.15) is 0 Å². The first-order chi connectivity index (χ1) is 9.31. The molecule has 1 heterocycles. The van der Waals surface area contributed by atoms with Crippen molar-refractivity contribution in [1.29, 1.82) is 0 Å². The van der Waals surface area contributed by atoms with E-state index in [4.69, 9.17) is 18.0 Å². The largest absolute Gasteiger partial charge is 0.389 e. The highest BCUT2D eigenvalue weighted by Crippen LogP contribution is 2.30. The number of nitrogens with one attached hydrogen (secondary N) is 1. The SMILES string of the molecule is NC(=S)c1cc(Br)ccc1NS(=O)(=O)c1sccc1Br. The van der Waals surface area contributed by atoms with Gasteiger partial charge in [-0.1, -0.05) is 28.1 Å². The number of sulfonamides is 1. The van der Waals surface area contributed by atoms with E-state index in [-0.39, 0.29) is 9.20 Å². The van der Waals surface area contributed by atoms with Crippen LogP contribution in [0.4, 0.5) is 5.69 Å². The fourth-order valence-electron chi connectivity index (χ4n) is 1.47. The third-order valence-corrected chi connectivity index (χ3v) is 7.07. The van der Waals surface area contributed by atoms with Gasteiger partial charge in [-0.15, -0.1) is 11.3 Å². The highest BCUT2D eigenvalue weighted by molar-refractivity contribution is 9.10. The van der Waals surface area contributed by atoms with Crippen LogP contribution in [0.1, 0.15) is 5.56 Å². The van der Waals surface area contributed by atoms with Gasteiger partial charge in [0.2, 0.25) is 0 Å². The minimum absolute atomic E-state index is 0.120. The number of halogens is 2. The van der Waals surface area contributed by atoms with E-state index in [1.54, 1.807) is 29.6 Å². The van der Waals surface area contributed by atoms with Gasteiger partial charge in [0.05, 0.1) is 5.69 Å². The number of hydrogen-bond acceptors (Lipinski definition) is 4. The molecule has 2 rings (SSSR count). The topological polar surface area (TPSA) is 72.2 Å². The molecule has 0 atom stereocenters. The number of rotatable bonds is 4. The Morgan fingerprint density at radius 3 is 2.55 bits per heavy atom. The Kier molecular flexibility index (Phi) is 4.85. The van der Waals surface area contributed by atoms with Gasteiger partial charge in [-0.3, -0.25) is 4.72 Å². The molecule has 1 aromatic carbocycles. The van der Waals surface area contributed by atoms with Crippen molar-refractivity contribution >= 4 is 76.1 Å². The highest BCUT2D eigenvalue weighted by atomic mass is 79.9. The number of thiocarbonyl (C=S) groups is 1. The molecule has 0 fully saturated rings. The normalized spacial score (nSPS) is 11.3. The molecule has 0 saturated carbocycles. The van der Waals surface area contributed by atoms with Crippen LogP contribution in [0.3, 0.4) is 0 Å². The quantitative estimate of drug-likeness (QED) is 0.689. The Bertz CT molecular complexity index is 772. The lowest BCUT2D eigenvalue weighted by Gasteiger charge is -2.11. The van der Waals surface area contributed by atoms with Crippen LogP contribution in [0.5, 0.6) is 0 Å². The zero-order valence-corrected chi connectivity index (χ0v) is 15.4. The summed E-state index contributed by atoms with van der Waals surface area (Å²) in [6, 6.07) is 6.67. The molecule has 3 N–H and O–H groups in total. The smallest absolute Gasteiger partial charge is 0.272 e. The van der Waals surface area contributed by atoms with E-state index in [0.717, 1.165) is 15.8 Å². The van der Waals surface area contributed by atoms with Crippen LogP contribution in [0.2, 0.25) is 0 Å². The van der Waals surface area contributed by atoms with Crippen molar-refractivity contribution in [3.63, 3.8) is 0 Å². The van der Waals surface area contributed by atoms with Gasteiger partial charge in [0.1, 0.15) is 4.99 Å². The Morgan fingerprint density at radius 1 is 1.30 bits per heavy atom. The van der Waals surface area contributed by atoms with Crippen molar-refractivity contribution in [2.24, 2.45) is 5.73 Å². The molecule has 0 spiro atoms. The molecular formula is C11H8Br2N2O2S3. The van der Waals surface area contributed by atoms with E-state index in [9.17, 15) is 8.42 Å². The number of thiophene rings is 1. The third kappa shape index (κ3) is 3.40. The maximum Gasteiger partial charge on any atom is 0.272 e. The van der Waals surface area contributed by atoms with Crippen LogP contribution in [0.15, 0.2) is 42.8 Å². The summed E-state index contributed by atoms with van der Waals surface area (Å²) in [7, 11) is -3.68. The number of hydrogen-bond donors (Lipinski definition) is 2. The summed E-state index contributed by atoms with van der Waals surface area (Å²) in [5, 5.41) is 1.69. The molecule has 2 aromatic rings. The summed E-state index contributed by atoms with van der Waals surface area (Å²) in [4.78, 5) is 0.120. The van der Waals surface area contributed by atoms with Gasteiger partial charge in [0.25, 0.3) is 10.0 Å².